The molecule has 0 N–H and O–H groups in total. The summed E-state index contributed by atoms with van der Waals surface area (Å²) in [5.41, 5.74) is 0.686. The van der Waals surface area contributed by atoms with Gasteiger partial charge in [-0.2, -0.15) is 5.26 Å². The fraction of sp³-hybridized carbons (Fsp3) is 0.500. The molecule has 2 amide bonds. The maximum atomic E-state index is 11.6. The molecule has 1 aliphatic heterocycles. The van der Waals surface area contributed by atoms with Crippen LogP contribution in [0.5, 0.6) is 0 Å². The Morgan fingerprint density at radius 1 is 1.50 bits per heavy atom. The van der Waals surface area contributed by atoms with Crippen LogP contribution in [0, 0.1) is 17.2 Å². The average molecular weight is 192 g/mol. The summed E-state index contributed by atoms with van der Waals surface area (Å²) in [5.74, 6) is -1.04. The van der Waals surface area contributed by atoms with Crippen LogP contribution in [0.4, 0.5) is 0 Å². The van der Waals surface area contributed by atoms with Gasteiger partial charge in [0.2, 0.25) is 5.91 Å². The van der Waals surface area contributed by atoms with Crippen LogP contribution in [0.2, 0.25) is 0 Å². The first-order valence-corrected chi connectivity index (χ1v) is 4.51. The van der Waals surface area contributed by atoms with E-state index in [4.69, 9.17) is 5.26 Å². The molecule has 1 unspecified atom stereocenters. The number of nitriles is 1. The van der Waals surface area contributed by atoms with Crippen LogP contribution in [0.25, 0.3) is 0 Å². The molecule has 0 saturated heterocycles. The second-order valence-corrected chi connectivity index (χ2v) is 3.28. The van der Waals surface area contributed by atoms with Crippen molar-refractivity contribution in [2.75, 3.05) is 6.54 Å². The van der Waals surface area contributed by atoms with Gasteiger partial charge in [0.25, 0.3) is 5.91 Å². The molecular weight excluding hydrogens is 180 g/mol. The molecule has 0 aromatic carbocycles. The van der Waals surface area contributed by atoms with Crippen molar-refractivity contribution in [1.29, 1.82) is 5.26 Å². The van der Waals surface area contributed by atoms with E-state index in [1.807, 2.05) is 6.07 Å². The maximum absolute atomic E-state index is 11.6. The van der Waals surface area contributed by atoms with Gasteiger partial charge >= 0.3 is 0 Å². The number of rotatable bonds is 1. The van der Waals surface area contributed by atoms with E-state index in [0.29, 0.717) is 12.1 Å². The summed E-state index contributed by atoms with van der Waals surface area (Å²) in [6.07, 6.45) is 0. The van der Waals surface area contributed by atoms with E-state index in [1.54, 1.807) is 20.8 Å². The third-order valence-corrected chi connectivity index (χ3v) is 2.57. The van der Waals surface area contributed by atoms with Gasteiger partial charge in [0.15, 0.2) is 0 Å². The molecule has 14 heavy (non-hydrogen) atoms. The van der Waals surface area contributed by atoms with Gasteiger partial charge in [-0.1, -0.05) is 0 Å². The normalized spacial score (nSPS) is 22.7. The second kappa shape index (κ2) is 3.62. The molecule has 0 saturated carbocycles. The summed E-state index contributed by atoms with van der Waals surface area (Å²) >= 11 is 0. The van der Waals surface area contributed by atoms with Crippen molar-refractivity contribution in [3.05, 3.63) is 11.1 Å². The zero-order valence-corrected chi connectivity index (χ0v) is 8.50. The highest BCUT2D eigenvalue weighted by Crippen LogP contribution is 2.24. The lowest BCUT2D eigenvalue weighted by Crippen LogP contribution is -2.45. The molecule has 0 bridgehead atoms. The molecule has 74 valence electrons. The van der Waals surface area contributed by atoms with Crippen LogP contribution in [0.15, 0.2) is 11.1 Å². The van der Waals surface area contributed by atoms with Gasteiger partial charge in [-0.15, -0.1) is 0 Å². The first-order valence-electron chi connectivity index (χ1n) is 4.51. The summed E-state index contributed by atoms with van der Waals surface area (Å²) in [6, 6.07) is 1.85. The van der Waals surface area contributed by atoms with Crippen molar-refractivity contribution >= 4 is 11.8 Å². The lowest BCUT2D eigenvalue weighted by Gasteiger charge is -2.28. The highest BCUT2D eigenvalue weighted by Gasteiger charge is 2.35. The summed E-state index contributed by atoms with van der Waals surface area (Å²) in [7, 11) is 0. The minimum atomic E-state index is -0.462. The van der Waals surface area contributed by atoms with Crippen LogP contribution in [-0.4, -0.2) is 23.3 Å². The number of hydrogen-bond acceptors (Lipinski definition) is 3. The highest BCUT2D eigenvalue weighted by atomic mass is 16.2. The lowest BCUT2D eigenvalue weighted by atomic mass is 9.91. The molecule has 0 fully saturated rings. The fourth-order valence-corrected chi connectivity index (χ4v) is 1.47. The molecule has 0 spiro atoms. The third-order valence-electron chi connectivity index (χ3n) is 2.57. The molecule has 1 atom stereocenters. The number of likely N-dealkylation sites (N-methyl/N-ethyl adjacent to an activating group) is 1. The molecular formula is C10H12N2O2. The largest absolute Gasteiger partial charge is 0.278 e. The van der Waals surface area contributed by atoms with Crippen molar-refractivity contribution in [1.82, 2.24) is 4.90 Å². The summed E-state index contributed by atoms with van der Waals surface area (Å²) < 4.78 is 0. The van der Waals surface area contributed by atoms with Gasteiger partial charge < -0.3 is 0 Å². The zero-order valence-electron chi connectivity index (χ0n) is 8.50. The number of amides is 2. The smallest absolute Gasteiger partial charge is 0.271 e. The van der Waals surface area contributed by atoms with Gasteiger partial charge in [-0.05, 0) is 26.3 Å². The van der Waals surface area contributed by atoms with Gasteiger partial charge in [0.1, 0.15) is 11.6 Å². The van der Waals surface area contributed by atoms with Crippen molar-refractivity contribution in [2.24, 2.45) is 5.92 Å². The molecule has 4 nitrogen and oxygen atoms in total. The standard InChI is InChI=1S/C10H12N2O2/c1-4-12-9(13)7(3)6(2)8(5-11)10(12)14/h7H,4H2,1-3H3. The molecule has 0 aromatic heterocycles. The minimum absolute atomic E-state index is 0.110. The zero-order chi connectivity index (χ0) is 10.9. The molecule has 0 aromatic rings. The quantitative estimate of drug-likeness (QED) is 0.578. The molecule has 0 radical (unpaired) electrons. The highest BCUT2D eigenvalue weighted by molar-refractivity contribution is 6.11. The Morgan fingerprint density at radius 3 is 2.50 bits per heavy atom. The Morgan fingerprint density at radius 2 is 2.07 bits per heavy atom. The van der Waals surface area contributed by atoms with Gasteiger partial charge in [0, 0.05) is 6.54 Å². The van der Waals surface area contributed by atoms with Gasteiger partial charge in [-0.3, -0.25) is 14.5 Å². The van der Waals surface area contributed by atoms with E-state index in [-0.39, 0.29) is 17.4 Å². The van der Waals surface area contributed by atoms with Crippen LogP contribution < -0.4 is 0 Å². The fourth-order valence-electron chi connectivity index (χ4n) is 1.47. The number of carbonyl (C=O) groups excluding carboxylic acids is 2. The number of hydrogen-bond donors (Lipinski definition) is 0. The van der Waals surface area contributed by atoms with E-state index in [9.17, 15) is 9.59 Å². The molecule has 1 aliphatic rings. The Labute approximate surface area is 82.8 Å². The van der Waals surface area contributed by atoms with Gasteiger partial charge in [-0.25, -0.2) is 0 Å². The van der Waals surface area contributed by atoms with Crippen LogP contribution in [-0.2, 0) is 9.59 Å². The SMILES string of the molecule is CCN1C(=O)C(C#N)=C(C)C(C)C1=O. The first kappa shape index (κ1) is 10.5. The van der Waals surface area contributed by atoms with Crippen LogP contribution in [0.3, 0.4) is 0 Å². The first-order chi connectivity index (χ1) is 6.54. The van der Waals surface area contributed by atoms with Crippen molar-refractivity contribution in [3.63, 3.8) is 0 Å². The van der Waals surface area contributed by atoms with Crippen molar-refractivity contribution in [2.45, 2.75) is 20.8 Å². The van der Waals surface area contributed by atoms with E-state index in [0.717, 1.165) is 4.90 Å². The van der Waals surface area contributed by atoms with Crippen LogP contribution >= 0.6 is 0 Å². The topological polar surface area (TPSA) is 61.2 Å². The van der Waals surface area contributed by atoms with E-state index >= 15 is 0 Å². The molecule has 4 heteroatoms. The predicted molar refractivity (Wildman–Crippen MR) is 49.9 cm³/mol. The Hall–Kier alpha value is -1.63. The lowest BCUT2D eigenvalue weighted by molar-refractivity contribution is -0.145. The van der Waals surface area contributed by atoms with E-state index in [2.05, 4.69) is 0 Å². The Balaban J connectivity index is 3.25. The third kappa shape index (κ3) is 1.31. The molecule has 1 heterocycles. The summed E-state index contributed by atoms with van der Waals surface area (Å²) in [6.45, 7) is 5.41. The molecule has 0 aliphatic carbocycles. The van der Waals surface area contributed by atoms with E-state index in [1.165, 1.54) is 0 Å². The monoisotopic (exact) mass is 192 g/mol. The van der Waals surface area contributed by atoms with Gasteiger partial charge in [0.05, 0.1) is 5.92 Å². The maximum Gasteiger partial charge on any atom is 0.271 e. The minimum Gasteiger partial charge on any atom is -0.278 e. The summed E-state index contributed by atoms with van der Waals surface area (Å²) in [4.78, 5) is 24.3. The Bertz CT molecular complexity index is 363. The Kier molecular flexibility index (Phi) is 2.70. The molecule has 1 rings (SSSR count). The average Bonchev–Trinajstić information content (AvgIpc) is 2.16. The van der Waals surface area contributed by atoms with Crippen molar-refractivity contribution < 1.29 is 9.59 Å². The second-order valence-electron chi connectivity index (χ2n) is 3.28. The van der Waals surface area contributed by atoms with Crippen molar-refractivity contribution in [3.8, 4) is 6.07 Å². The summed E-state index contributed by atoms with van der Waals surface area (Å²) in [5, 5.41) is 8.78. The van der Waals surface area contributed by atoms with Crippen LogP contribution in [0.1, 0.15) is 20.8 Å². The predicted octanol–water partition coefficient (Wildman–Crippen LogP) is 0.851. The number of imide groups is 1. The van der Waals surface area contributed by atoms with E-state index < -0.39 is 5.91 Å². The number of nitrogens with zero attached hydrogens (tertiary/aromatic N) is 2. The number of carbonyl (C=O) groups is 2.